The molecule has 2 aromatic rings. The summed E-state index contributed by atoms with van der Waals surface area (Å²) in [5, 5.41) is 4.25. The molecule has 2 saturated heterocycles. The number of rotatable bonds is 5. The standard InChI is InChI=1S/C18H24FN5/c19-16-2-4-17(5-3-16)22-9-11-23(12-10-22)18-14-21(15-18)8-13-24-7-1-6-20-24/h1-7,18H,8-15H2. The molecule has 0 aliphatic carbocycles. The van der Waals surface area contributed by atoms with Crippen LogP contribution in [0, 0.1) is 5.82 Å². The molecule has 0 unspecified atom stereocenters. The highest BCUT2D eigenvalue weighted by atomic mass is 19.1. The van der Waals surface area contributed by atoms with E-state index in [1.807, 2.05) is 35.3 Å². The predicted molar refractivity (Wildman–Crippen MR) is 92.6 cm³/mol. The molecule has 4 rings (SSSR count). The zero-order chi connectivity index (χ0) is 16.4. The average Bonchev–Trinajstić information content (AvgIpc) is 3.08. The minimum absolute atomic E-state index is 0.165. The Hall–Kier alpha value is -1.92. The molecule has 0 spiro atoms. The van der Waals surface area contributed by atoms with Crippen LogP contribution in [0.2, 0.25) is 0 Å². The summed E-state index contributed by atoms with van der Waals surface area (Å²) in [6.07, 6.45) is 3.85. The second-order valence-corrected chi connectivity index (χ2v) is 6.68. The van der Waals surface area contributed by atoms with Gasteiger partial charge >= 0.3 is 0 Å². The predicted octanol–water partition coefficient (Wildman–Crippen LogP) is 1.53. The van der Waals surface area contributed by atoms with E-state index in [2.05, 4.69) is 19.8 Å². The van der Waals surface area contributed by atoms with Crippen molar-refractivity contribution < 1.29 is 4.39 Å². The molecule has 1 aromatic carbocycles. The molecule has 0 bridgehead atoms. The Kier molecular flexibility index (Phi) is 4.49. The summed E-state index contributed by atoms with van der Waals surface area (Å²) >= 11 is 0. The van der Waals surface area contributed by atoms with Gasteiger partial charge in [-0.25, -0.2) is 4.39 Å². The molecular formula is C18H24FN5. The summed E-state index contributed by atoms with van der Waals surface area (Å²) in [6, 6.07) is 9.52. The van der Waals surface area contributed by atoms with Gasteiger partial charge in [-0.3, -0.25) is 14.5 Å². The molecule has 1 aromatic heterocycles. The summed E-state index contributed by atoms with van der Waals surface area (Å²) in [4.78, 5) is 7.45. The molecule has 6 heteroatoms. The van der Waals surface area contributed by atoms with Crippen molar-refractivity contribution in [1.82, 2.24) is 19.6 Å². The van der Waals surface area contributed by atoms with E-state index < -0.39 is 0 Å². The lowest BCUT2D eigenvalue weighted by molar-refractivity contribution is 0.0283. The van der Waals surface area contributed by atoms with E-state index in [9.17, 15) is 4.39 Å². The van der Waals surface area contributed by atoms with Crippen LogP contribution in [-0.4, -0.2) is 71.4 Å². The zero-order valence-corrected chi connectivity index (χ0v) is 13.9. The number of hydrogen-bond donors (Lipinski definition) is 0. The van der Waals surface area contributed by atoms with Crippen LogP contribution in [0.15, 0.2) is 42.7 Å². The van der Waals surface area contributed by atoms with E-state index in [1.165, 1.54) is 0 Å². The van der Waals surface area contributed by atoms with Crippen molar-refractivity contribution >= 4 is 5.69 Å². The van der Waals surface area contributed by atoms with E-state index in [0.29, 0.717) is 6.04 Å². The molecule has 0 atom stereocenters. The normalized spacial score (nSPS) is 20.3. The number of benzene rings is 1. The quantitative estimate of drug-likeness (QED) is 0.831. The van der Waals surface area contributed by atoms with Gasteiger partial charge < -0.3 is 4.90 Å². The number of likely N-dealkylation sites (tertiary alicyclic amines) is 1. The van der Waals surface area contributed by atoms with E-state index in [4.69, 9.17) is 0 Å². The van der Waals surface area contributed by atoms with Gasteiger partial charge in [0.1, 0.15) is 5.82 Å². The van der Waals surface area contributed by atoms with Crippen LogP contribution in [0.1, 0.15) is 0 Å². The molecular weight excluding hydrogens is 305 g/mol. The van der Waals surface area contributed by atoms with E-state index >= 15 is 0 Å². The second kappa shape index (κ2) is 6.91. The Morgan fingerprint density at radius 3 is 2.42 bits per heavy atom. The fraction of sp³-hybridized carbons (Fsp3) is 0.500. The maximum absolute atomic E-state index is 13.0. The Morgan fingerprint density at radius 1 is 1.00 bits per heavy atom. The van der Waals surface area contributed by atoms with Gasteiger partial charge in [0.2, 0.25) is 0 Å². The molecule has 24 heavy (non-hydrogen) atoms. The van der Waals surface area contributed by atoms with Crippen LogP contribution < -0.4 is 4.90 Å². The molecule has 0 N–H and O–H groups in total. The molecule has 2 aliphatic rings. The van der Waals surface area contributed by atoms with Gasteiger partial charge in [0.25, 0.3) is 0 Å². The lowest BCUT2D eigenvalue weighted by Gasteiger charge is -2.48. The third-order valence-corrected chi connectivity index (χ3v) is 5.16. The summed E-state index contributed by atoms with van der Waals surface area (Å²) in [6.45, 7) is 8.61. The molecule has 5 nitrogen and oxygen atoms in total. The zero-order valence-electron chi connectivity index (χ0n) is 13.9. The minimum Gasteiger partial charge on any atom is -0.369 e. The van der Waals surface area contributed by atoms with Crippen molar-refractivity contribution in [2.45, 2.75) is 12.6 Å². The highest BCUT2D eigenvalue weighted by Gasteiger charge is 2.33. The van der Waals surface area contributed by atoms with Gasteiger partial charge in [0.05, 0.1) is 6.54 Å². The van der Waals surface area contributed by atoms with Crippen LogP contribution in [0.3, 0.4) is 0 Å². The summed E-state index contributed by atoms with van der Waals surface area (Å²) in [5.41, 5.74) is 1.13. The van der Waals surface area contributed by atoms with Gasteiger partial charge in [0, 0.05) is 69.9 Å². The van der Waals surface area contributed by atoms with Crippen LogP contribution in [0.5, 0.6) is 0 Å². The summed E-state index contributed by atoms with van der Waals surface area (Å²) in [5.74, 6) is -0.165. The second-order valence-electron chi connectivity index (χ2n) is 6.68. The maximum Gasteiger partial charge on any atom is 0.123 e. The average molecular weight is 329 g/mol. The molecule has 0 amide bonds. The van der Waals surface area contributed by atoms with Crippen molar-refractivity contribution in [3.8, 4) is 0 Å². The Bertz CT molecular complexity index is 628. The van der Waals surface area contributed by atoms with Gasteiger partial charge in [-0.1, -0.05) is 0 Å². The number of aromatic nitrogens is 2. The summed E-state index contributed by atoms with van der Waals surface area (Å²) in [7, 11) is 0. The van der Waals surface area contributed by atoms with E-state index in [-0.39, 0.29) is 5.82 Å². The first-order chi connectivity index (χ1) is 11.8. The van der Waals surface area contributed by atoms with E-state index in [1.54, 1.807) is 12.1 Å². The number of nitrogens with zero attached hydrogens (tertiary/aromatic N) is 5. The molecule has 0 saturated carbocycles. The van der Waals surface area contributed by atoms with Crippen molar-refractivity contribution in [3.63, 3.8) is 0 Å². The third-order valence-electron chi connectivity index (χ3n) is 5.16. The molecule has 2 aliphatic heterocycles. The van der Waals surface area contributed by atoms with Crippen molar-refractivity contribution in [3.05, 3.63) is 48.5 Å². The molecule has 128 valence electrons. The van der Waals surface area contributed by atoms with Gasteiger partial charge in [0.15, 0.2) is 0 Å². The first-order valence-electron chi connectivity index (χ1n) is 8.72. The number of hydrogen-bond acceptors (Lipinski definition) is 4. The minimum atomic E-state index is -0.165. The number of halogens is 1. The highest BCUT2D eigenvalue weighted by Crippen LogP contribution is 2.21. The number of anilines is 1. The number of piperazine rings is 1. The smallest absolute Gasteiger partial charge is 0.123 e. The van der Waals surface area contributed by atoms with Crippen molar-refractivity contribution in [2.24, 2.45) is 0 Å². The van der Waals surface area contributed by atoms with Crippen molar-refractivity contribution in [1.29, 1.82) is 0 Å². The largest absolute Gasteiger partial charge is 0.369 e. The fourth-order valence-corrected chi connectivity index (χ4v) is 3.63. The van der Waals surface area contributed by atoms with Crippen molar-refractivity contribution in [2.75, 3.05) is 50.7 Å². The Morgan fingerprint density at radius 2 is 1.75 bits per heavy atom. The van der Waals surface area contributed by atoms with Gasteiger partial charge in [-0.15, -0.1) is 0 Å². The molecule has 2 fully saturated rings. The van der Waals surface area contributed by atoms with E-state index in [0.717, 1.165) is 58.0 Å². The first kappa shape index (κ1) is 15.6. The lowest BCUT2D eigenvalue weighted by atomic mass is 10.1. The highest BCUT2D eigenvalue weighted by molar-refractivity contribution is 5.46. The van der Waals surface area contributed by atoms with Gasteiger partial charge in [-0.05, 0) is 30.3 Å². The Balaban J connectivity index is 1.19. The summed E-state index contributed by atoms with van der Waals surface area (Å²) < 4.78 is 15.0. The van der Waals surface area contributed by atoms with Crippen LogP contribution in [0.25, 0.3) is 0 Å². The first-order valence-corrected chi connectivity index (χ1v) is 8.72. The maximum atomic E-state index is 13.0. The SMILES string of the molecule is Fc1ccc(N2CCN(C3CN(CCn4cccn4)C3)CC2)cc1. The third kappa shape index (κ3) is 3.44. The fourth-order valence-electron chi connectivity index (χ4n) is 3.63. The monoisotopic (exact) mass is 329 g/mol. The van der Waals surface area contributed by atoms with Gasteiger partial charge in [-0.2, -0.15) is 5.10 Å². The molecule has 0 radical (unpaired) electrons. The Labute approximate surface area is 142 Å². The van der Waals surface area contributed by atoms with Crippen LogP contribution in [0.4, 0.5) is 10.1 Å². The topological polar surface area (TPSA) is 27.5 Å². The van der Waals surface area contributed by atoms with Crippen LogP contribution >= 0.6 is 0 Å². The molecule has 3 heterocycles. The van der Waals surface area contributed by atoms with Crippen LogP contribution in [-0.2, 0) is 6.54 Å². The lowest BCUT2D eigenvalue weighted by Crippen LogP contribution is -2.63.